The summed E-state index contributed by atoms with van der Waals surface area (Å²) in [5.41, 5.74) is 3.90. The number of anilines is 1. The number of hydrogen-bond acceptors (Lipinski definition) is 5. The van der Waals surface area contributed by atoms with Crippen molar-refractivity contribution in [2.45, 2.75) is 0 Å². The van der Waals surface area contributed by atoms with Gasteiger partial charge in [-0.05, 0) is 0 Å². The zero-order valence-corrected chi connectivity index (χ0v) is 9.48. The van der Waals surface area contributed by atoms with Gasteiger partial charge in [-0.25, -0.2) is 4.79 Å². The Morgan fingerprint density at radius 2 is 2.00 bits per heavy atom. The minimum absolute atomic E-state index is 0.00315. The molecule has 92 valence electrons. The number of primary amides is 1. The molecule has 1 aromatic rings. The molecule has 4 N–H and O–H groups in total. The summed E-state index contributed by atoms with van der Waals surface area (Å²) in [4.78, 5) is 34.0. The fraction of sp³-hybridized carbons (Fsp3) is 0.333. The number of rotatable bonds is 4. The summed E-state index contributed by atoms with van der Waals surface area (Å²) >= 11 is 0. The van der Waals surface area contributed by atoms with Crippen LogP contribution in [0.15, 0.2) is 9.59 Å². The highest BCUT2D eigenvalue weighted by Crippen LogP contribution is 2.03. The highest BCUT2D eigenvalue weighted by molar-refractivity contribution is 5.85. The third-order valence-corrected chi connectivity index (χ3v) is 2.29. The molecule has 0 saturated carbocycles. The lowest BCUT2D eigenvalue weighted by atomic mass is 10.3. The molecule has 0 unspecified atom stereocenters. The van der Waals surface area contributed by atoms with Crippen molar-refractivity contribution in [1.29, 1.82) is 5.41 Å². The summed E-state index contributed by atoms with van der Waals surface area (Å²) < 4.78 is 2.02. The highest BCUT2D eigenvalue weighted by atomic mass is 16.2. The minimum Gasteiger partial charge on any atom is -0.370 e. The van der Waals surface area contributed by atoms with Crippen molar-refractivity contribution in [3.05, 3.63) is 26.5 Å². The van der Waals surface area contributed by atoms with Crippen molar-refractivity contribution >= 4 is 17.8 Å². The van der Waals surface area contributed by atoms with Crippen LogP contribution in [0.25, 0.3) is 0 Å². The van der Waals surface area contributed by atoms with E-state index in [0.717, 1.165) is 15.3 Å². The van der Waals surface area contributed by atoms with Gasteiger partial charge >= 0.3 is 5.69 Å². The number of carbonyl (C=O) groups excluding carboxylic acids is 1. The second kappa shape index (κ2) is 4.64. The maximum atomic E-state index is 11.8. The fourth-order valence-electron chi connectivity index (χ4n) is 1.37. The van der Waals surface area contributed by atoms with Crippen LogP contribution in [-0.4, -0.2) is 27.8 Å². The molecular formula is C9H13N5O3. The Balaban J connectivity index is 3.47. The standard InChI is InChI=1S/C9H13N5O3/c1-13-5(3-10)7(12-4-6(11)15)8(16)14(2)9(13)17/h3,10,12H,4H2,1-2H3,(H2,11,15). The van der Waals surface area contributed by atoms with Crippen molar-refractivity contribution in [1.82, 2.24) is 9.13 Å². The second-order valence-corrected chi connectivity index (χ2v) is 3.43. The van der Waals surface area contributed by atoms with E-state index in [4.69, 9.17) is 11.1 Å². The molecule has 8 heteroatoms. The van der Waals surface area contributed by atoms with Crippen molar-refractivity contribution in [2.75, 3.05) is 11.9 Å². The largest absolute Gasteiger partial charge is 0.370 e. The van der Waals surface area contributed by atoms with Crippen molar-refractivity contribution in [3.63, 3.8) is 0 Å². The summed E-state index contributed by atoms with van der Waals surface area (Å²) in [6.07, 6.45) is 0.867. The monoisotopic (exact) mass is 239 g/mol. The maximum Gasteiger partial charge on any atom is 0.331 e. The van der Waals surface area contributed by atoms with Gasteiger partial charge in [0.2, 0.25) is 5.91 Å². The predicted molar refractivity (Wildman–Crippen MR) is 62.5 cm³/mol. The molecule has 1 heterocycles. The van der Waals surface area contributed by atoms with Gasteiger partial charge in [-0.1, -0.05) is 0 Å². The third-order valence-electron chi connectivity index (χ3n) is 2.29. The zero-order valence-electron chi connectivity index (χ0n) is 9.48. The zero-order chi connectivity index (χ0) is 13.2. The number of aromatic nitrogens is 2. The molecule has 0 spiro atoms. The summed E-state index contributed by atoms with van der Waals surface area (Å²) in [7, 11) is 2.74. The summed E-state index contributed by atoms with van der Waals surface area (Å²) in [5.74, 6) is -0.642. The molecule has 1 aromatic heterocycles. The first-order valence-electron chi connectivity index (χ1n) is 4.72. The van der Waals surface area contributed by atoms with E-state index in [2.05, 4.69) is 5.32 Å². The number of carbonyl (C=O) groups is 1. The molecule has 1 rings (SSSR count). The van der Waals surface area contributed by atoms with Crippen LogP contribution in [0.1, 0.15) is 5.69 Å². The molecule has 0 aliphatic carbocycles. The SMILES string of the molecule is Cn1c(C=N)c(NCC(N)=O)c(=O)n(C)c1=O. The Bertz CT molecular complexity index is 584. The van der Waals surface area contributed by atoms with E-state index in [-0.39, 0.29) is 17.9 Å². The molecule has 0 fully saturated rings. The molecule has 0 aromatic carbocycles. The van der Waals surface area contributed by atoms with Gasteiger partial charge in [-0.3, -0.25) is 18.7 Å². The van der Waals surface area contributed by atoms with E-state index in [1.165, 1.54) is 14.1 Å². The highest BCUT2D eigenvalue weighted by Gasteiger charge is 2.13. The predicted octanol–water partition coefficient (Wildman–Crippen LogP) is -2.02. The molecule has 8 nitrogen and oxygen atoms in total. The van der Waals surface area contributed by atoms with Gasteiger partial charge in [-0.15, -0.1) is 0 Å². The number of hydrogen-bond donors (Lipinski definition) is 3. The van der Waals surface area contributed by atoms with Crippen LogP contribution in [0.4, 0.5) is 5.69 Å². The maximum absolute atomic E-state index is 11.8. The minimum atomic E-state index is -0.642. The number of nitrogens with two attached hydrogens (primary N) is 1. The quantitative estimate of drug-likeness (QED) is 0.525. The van der Waals surface area contributed by atoms with Gasteiger partial charge < -0.3 is 16.5 Å². The molecule has 0 aliphatic rings. The second-order valence-electron chi connectivity index (χ2n) is 3.43. The fourth-order valence-corrected chi connectivity index (χ4v) is 1.37. The van der Waals surface area contributed by atoms with E-state index in [9.17, 15) is 14.4 Å². The summed E-state index contributed by atoms with van der Waals surface area (Å²) in [5, 5.41) is 9.71. The summed E-state index contributed by atoms with van der Waals surface area (Å²) in [6, 6.07) is 0. The lowest BCUT2D eigenvalue weighted by Crippen LogP contribution is -2.41. The molecule has 17 heavy (non-hydrogen) atoms. The number of nitrogens with one attached hydrogen (secondary N) is 2. The summed E-state index contributed by atoms with van der Waals surface area (Å²) in [6.45, 7) is -0.242. The Morgan fingerprint density at radius 1 is 1.41 bits per heavy atom. The van der Waals surface area contributed by atoms with E-state index >= 15 is 0 Å². The van der Waals surface area contributed by atoms with Crippen molar-refractivity contribution < 1.29 is 4.79 Å². The first-order valence-corrected chi connectivity index (χ1v) is 4.72. The van der Waals surface area contributed by atoms with Crippen LogP contribution >= 0.6 is 0 Å². The normalized spacial score (nSPS) is 10.0. The molecule has 0 radical (unpaired) electrons. The lowest BCUT2D eigenvalue weighted by molar-refractivity contribution is -0.116. The van der Waals surface area contributed by atoms with Crippen LogP contribution in [-0.2, 0) is 18.9 Å². The third kappa shape index (κ3) is 2.25. The van der Waals surface area contributed by atoms with Crippen molar-refractivity contribution in [2.24, 2.45) is 19.8 Å². The number of amides is 1. The van der Waals surface area contributed by atoms with Gasteiger partial charge in [0.1, 0.15) is 5.69 Å². The topological polar surface area (TPSA) is 123 Å². The van der Waals surface area contributed by atoms with Crippen molar-refractivity contribution in [3.8, 4) is 0 Å². The Kier molecular flexibility index (Phi) is 3.46. The lowest BCUT2D eigenvalue weighted by Gasteiger charge is -2.12. The van der Waals surface area contributed by atoms with E-state index in [1.54, 1.807) is 0 Å². The van der Waals surface area contributed by atoms with E-state index < -0.39 is 17.2 Å². The molecule has 1 amide bonds. The Morgan fingerprint density at radius 3 is 2.47 bits per heavy atom. The van der Waals surface area contributed by atoms with Gasteiger partial charge in [-0.2, -0.15) is 0 Å². The van der Waals surface area contributed by atoms with E-state index in [0.29, 0.717) is 0 Å². The Labute approximate surface area is 96.2 Å². The van der Waals surface area contributed by atoms with Gasteiger partial charge in [0.25, 0.3) is 5.56 Å². The first kappa shape index (κ1) is 12.7. The average molecular weight is 239 g/mol. The van der Waals surface area contributed by atoms with E-state index in [1.807, 2.05) is 0 Å². The van der Waals surface area contributed by atoms with Gasteiger partial charge in [0, 0.05) is 20.3 Å². The average Bonchev–Trinajstić information content (AvgIpc) is 2.29. The van der Waals surface area contributed by atoms with Crippen LogP contribution in [0.2, 0.25) is 0 Å². The van der Waals surface area contributed by atoms with Crippen LogP contribution in [0, 0.1) is 5.41 Å². The smallest absolute Gasteiger partial charge is 0.331 e. The molecule has 0 atom stereocenters. The van der Waals surface area contributed by atoms with Crippen LogP contribution in [0.5, 0.6) is 0 Å². The molecular weight excluding hydrogens is 226 g/mol. The first-order chi connectivity index (χ1) is 7.90. The van der Waals surface area contributed by atoms with Gasteiger partial charge in [0.05, 0.1) is 12.2 Å². The van der Waals surface area contributed by atoms with Gasteiger partial charge in [0.15, 0.2) is 0 Å². The molecule has 0 bridgehead atoms. The molecule has 0 aliphatic heterocycles. The van der Waals surface area contributed by atoms with Crippen LogP contribution in [0.3, 0.4) is 0 Å². The molecule has 0 saturated heterocycles. The Hall–Kier alpha value is -2.38. The number of nitrogens with zero attached hydrogens (tertiary/aromatic N) is 2. The van der Waals surface area contributed by atoms with Crippen LogP contribution < -0.4 is 22.3 Å².